The molecule has 3 aromatic heterocycles. The standard InChI is InChI=1S/C20H21N7O2/c1-26-11-16(18(25-26)19(21)28)24-20(29)14-7-13(9-22-10-14)12-5-6-23-17(8-12)27(2)15-3-4-15/h5-11,15H,3-4H2,1-2H3,(H2,21,28)(H,24,29). The van der Waals surface area contributed by atoms with Gasteiger partial charge in [-0.05, 0) is 36.6 Å². The number of carbonyl (C=O) groups excluding carboxylic acids is 2. The van der Waals surface area contributed by atoms with E-state index in [0.29, 0.717) is 11.6 Å². The van der Waals surface area contributed by atoms with Crippen LogP contribution in [0.3, 0.4) is 0 Å². The van der Waals surface area contributed by atoms with Crippen LogP contribution < -0.4 is 16.0 Å². The molecular weight excluding hydrogens is 370 g/mol. The monoisotopic (exact) mass is 391 g/mol. The first-order valence-corrected chi connectivity index (χ1v) is 9.21. The van der Waals surface area contributed by atoms with Crippen LogP contribution in [0.25, 0.3) is 11.1 Å². The van der Waals surface area contributed by atoms with Gasteiger partial charge in [-0.3, -0.25) is 19.3 Å². The summed E-state index contributed by atoms with van der Waals surface area (Å²) in [6.45, 7) is 0. The van der Waals surface area contributed by atoms with Crippen molar-refractivity contribution in [2.45, 2.75) is 18.9 Å². The first-order chi connectivity index (χ1) is 13.9. The molecule has 3 heterocycles. The normalized spacial score (nSPS) is 13.2. The topological polar surface area (TPSA) is 119 Å². The summed E-state index contributed by atoms with van der Waals surface area (Å²) in [5.41, 5.74) is 7.66. The molecule has 0 radical (unpaired) electrons. The highest BCUT2D eigenvalue weighted by Gasteiger charge is 2.27. The third-order valence-corrected chi connectivity index (χ3v) is 4.85. The summed E-state index contributed by atoms with van der Waals surface area (Å²) in [6.07, 6.45) is 8.81. The van der Waals surface area contributed by atoms with Crippen LogP contribution in [0.2, 0.25) is 0 Å². The number of carbonyl (C=O) groups is 2. The van der Waals surface area contributed by atoms with Gasteiger partial charge in [-0.15, -0.1) is 0 Å². The average Bonchev–Trinajstić information content (AvgIpc) is 3.50. The molecule has 9 heteroatoms. The minimum absolute atomic E-state index is 0.00634. The molecule has 0 saturated heterocycles. The number of anilines is 2. The van der Waals surface area contributed by atoms with Crippen molar-refractivity contribution in [3.63, 3.8) is 0 Å². The van der Waals surface area contributed by atoms with Gasteiger partial charge in [0.05, 0.1) is 11.3 Å². The highest BCUT2D eigenvalue weighted by atomic mass is 16.2. The van der Waals surface area contributed by atoms with E-state index in [9.17, 15) is 9.59 Å². The van der Waals surface area contributed by atoms with Crippen LogP contribution in [0.4, 0.5) is 11.5 Å². The molecule has 9 nitrogen and oxygen atoms in total. The molecule has 1 fully saturated rings. The molecule has 0 bridgehead atoms. The predicted molar refractivity (Wildman–Crippen MR) is 109 cm³/mol. The zero-order chi connectivity index (χ0) is 20.5. The first kappa shape index (κ1) is 18.6. The lowest BCUT2D eigenvalue weighted by molar-refractivity contribution is 0.0995. The van der Waals surface area contributed by atoms with Gasteiger partial charge in [0.1, 0.15) is 5.82 Å². The van der Waals surface area contributed by atoms with Crippen LogP contribution in [0.1, 0.15) is 33.7 Å². The Morgan fingerprint density at radius 2 is 2.03 bits per heavy atom. The van der Waals surface area contributed by atoms with Crippen LogP contribution in [0.15, 0.2) is 43.0 Å². The predicted octanol–water partition coefficient (Wildman–Crippen LogP) is 1.83. The summed E-state index contributed by atoms with van der Waals surface area (Å²) >= 11 is 0. The lowest BCUT2D eigenvalue weighted by Gasteiger charge is -2.18. The van der Waals surface area contributed by atoms with Crippen molar-refractivity contribution in [1.29, 1.82) is 0 Å². The fourth-order valence-corrected chi connectivity index (χ4v) is 3.12. The molecule has 1 aliphatic carbocycles. The number of nitrogens with one attached hydrogen (secondary N) is 1. The van der Waals surface area contributed by atoms with Gasteiger partial charge in [-0.25, -0.2) is 4.98 Å². The first-order valence-electron chi connectivity index (χ1n) is 9.21. The van der Waals surface area contributed by atoms with Crippen molar-refractivity contribution in [1.82, 2.24) is 19.7 Å². The zero-order valence-electron chi connectivity index (χ0n) is 16.2. The number of hydrogen-bond acceptors (Lipinski definition) is 6. The molecule has 0 unspecified atom stereocenters. The summed E-state index contributed by atoms with van der Waals surface area (Å²) in [5, 5.41) is 6.64. The minimum Gasteiger partial charge on any atom is -0.364 e. The van der Waals surface area contributed by atoms with E-state index >= 15 is 0 Å². The highest BCUT2D eigenvalue weighted by Crippen LogP contribution is 2.31. The molecule has 29 heavy (non-hydrogen) atoms. The molecule has 3 aromatic rings. The summed E-state index contributed by atoms with van der Waals surface area (Å²) in [6, 6.07) is 6.17. The van der Waals surface area contributed by atoms with Gasteiger partial charge < -0.3 is 16.0 Å². The van der Waals surface area contributed by atoms with Crippen LogP contribution in [0, 0.1) is 0 Å². The molecule has 2 amide bonds. The number of nitrogens with zero attached hydrogens (tertiary/aromatic N) is 5. The Hall–Kier alpha value is -3.75. The molecule has 0 aliphatic heterocycles. The van der Waals surface area contributed by atoms with Crippen molar-refractivity contribution in [2.24, 2.45) is 12.8 Å². The number of pyridine rings is 2. The van der Waals surface area contributed by atoms with Gasteiger partial charge in [-0.1, -0.05) is 0 Å². The number of primary amides is 1. The molecule has 1 saturated carbocycles. The Balaban J connectivity index is 1.58. The number of hydrogen-bond donors (Lipinski definition) is 2. The van der Waals surface area contributed by atoms with Crippen molar-refractivity contribution in [2.75, 3.05) is 17.3 Å². The molecule has 1 aliphatic rings. The van der Waals surface area contributed by atoms with Crippen molar-refractivity contribution in [3.05, 3.63) is 54.2 Å². The largest absolute Gasteiger partial charge is 0.364 e. The van der Waals surface area contributed by atoms with E-state index in [4.69, 9.17) is 5.73 Å². The van der Waals surface area contributed by atoms with Gasteiger partial charge in [-0.2, -0.15) is 5.10 Å². The Morgan fingerprint density at radius 1 is 1.24 bits per heavy atom. The number of amides is 2. The van der Waals surface area contributed by atoms with E-state index < -0.39 is 11.8 Å². The number of nitrogens with two attached hydrogens (primary N) is 1. The quantitative estimate of drug-likeness (QED) is 0.662. The van der Waals surface area contributed by atoms with Crippen LogP contribution in [0.5, 0.6) is 0 Å². The maximum absolute atomic E-state index is 12.7. The fourth-order valence-electron chi connectivity index (χ4n) is 3.12. The minimum atomic E-state index is -0.711. The molecule has 0 spiro atoms. The van der Waals surface area contributed by atoms with Crippen LogP contribution >= 0.6 is 0 Å². The third kappa shape index (κ3) is 3.93. The van der Waals surface area contributed by atoms with Gasteiger partial charge in [0.25, 0.3) is 11.8 Å². The Kier molecular flexibility index (Phi) is 4.71. The van der Waals surface area contributed by atoms with Gasteiger partial charge in [0.15, 0.2) is 5.69 Å². The second kappa shape index (κ2) is 7.34. The average molecular weight is 391 g/mol. The van der Waals surface area contributed by atoms with Crippen molar-refractivity contribution in [3.8, 4) is 11.1 Å². The summed E-state index contributed by atoms with van der Waals surface area (Å²) in [4.78, 5) is 35.0. The number of aromatic nitrogens is 4. The van der Waals surface area contributed by atoms with E-state index in [-0.39, 0.29) is 11.4 Å². The fraction of sp³-hybridized carbons (Fsp3) is 0.250. The van der Waals surface area contributed by atoms with E-state index in [2.05, 4.69) is 25.3 Å². The maximum atomic E-state index is 12.7. The molecule has 0 aromatic carbocycles. The van der Waals surface area contributed by atoms with Crippen molar-refractivity contribution < 1.29 is 9.59 Å². The summed E-state index contributed by atoms with van der Waals surface area (Å²) in [7, 11) is 3.68. The van der Waals surface area contributed by atoms with Crippen LogP contribution in [-0.2, 0) is 7.05 Å². The molecular formula is C20H21N7O2. The molecule has 148 valence electrons. The lowest BCUT2D eigenvalue weighted by Crippen LogP contribution is -2.20. The second-order valence-electron chi connectivity index (χ2n) is 7.09. The second-order valence-corrected chi connectivity index (χ2v) is 7.09. The van der Waals surface area contributed by atoms with Crippen LogP contribution in [-0.4, -0.2) is 44.7 Å². The van der Waals surface area contributed by atoms with Gasteiger partial charge in [0, 0.05) is 50.5 Å². The Labute approximate surface area is 167 Å². The van der Waals surface area contributed by atoms with E-state index in [1.807, 2.05) is 19.2 Å². The van der Waals surface area contributed by atoms with Crippen molar-refractivity contribution >= 4 is 23.3 Å². The maximum Gasteiger partial charge on any atom is 0.271 e. The van der Waals surface area contributed by atoms with E-state index in [1.165, 1.54) is 29.9 Å². The summed E-state index contributed by atoms with van der Waals surface area (Å²) < 4.78 is 1.42. The van der Waals surface area contributed by atoms with E-state index in [1.54, 1.807) is 25.5 Å². The number of aryl methyl sites for hydroxylation is 1. The Bertz CT molecular complexity index is 1090. The number of rotatable bonds is 6. The smallest absolute Gasteiger partial charge is 0.271 e. The third-order valence-electron chi connectivity index (χ3n) is 4.85. The molecule has 3 N–H and O–H groups in total. The Morgan fingerprint density at radius 3 is 2.76 bits per heavy atom. The molecule has 4 rings (SSSR count). The van der Waals surface area contributed by atoms with Gasteiger partial charge in [0.2, 0.25) is 0 Å². The molecule has 0 atom stereocenters. The zero-order valence-corrected chi connectivity index (χ0v) is 16.2. The lowest BCUT2D eigenvalue weighted by atomic mass is 10.1. The van der Waals surface area contributed by atoms with Gasteiger partial charge >= 0.3 is 0 Å². The SMILES string of the molecule is CN(c1cc(-c2cncc(C(=O)Nc3cn(C)nc3C(N)=O)c2)ccn1)C1CC1. The summed E-state index contributed by atoms with van der Waals surface area (Å²) in [5.74, 6) is -0.225. The van der Waals surface area contributed by atoms with E-state index in [0.717, 1.165) is 16.9 Å². The highest BCUT2D eigenvalue weighted by molar-refractivity contribution is 6.08.